The summed E-state index contributed by atoms with van der Waals surface area (Å²) in [5.74, 6) is 0.338. The van der Waals surface area contributed by atoms with E-state index in [0.29, 0.717) is 29.2 Å². The van der Waals surface area contributed by atoms with Crippen LogP contribution in [0.1, 0.15) is 16.7 Å². The van der Waals surface area contributed by atoms with Crippen molar-refractivity contribution in [2.75, 3.05) is 12.4 Å². The molecule has 9 heteroatoms. The Morgan fingerprint density at radius 1 is 1.21 bits per heavy atom. The third kappa shape index (κ3) is 6.11. The molecule has 3 aromatic carbocycles. The standard InChI is InChI=1S/C25H20IN3O5/c1-16-8-9-20(29(31)32)13-22(16)28-25(30)19(14-27)10-18-11-21(26)24(23(12-18)33-2)34-15-17-6-4-3-5-7-17/h3-13H,15H2,1-2H3,(H,28,30)/b19-10+. The Hall–Kier alpha value is -3.91. The molecule has 0 aliphatic rings. The van der Waals surface area contributed by atoms with Crippen LogP contribution in [-0.2, 0) is 11.4 Å². The Labute approximate surface area is 210 Å². The summed E-state index contributed by atoms with van der Waals surface area (Å²) in [5.41, 5.74) is 2.14. The molecule has 0 saturated heterocycles. The van der Waals surface area contributed by atoms with Crippen LogP contribution in [0, 0.1) is 31.9 Å². The van der Waals surface area contributed by atoms with E-state index in [9.17, 15) is 20.2 Å². The van der Waals surface area contributed by atoms with Crippen molar-refractivity contribution in [2.45, 2.75) is 13.5 Å². The van der Waals surface area contributed by atoms with Crippen molar-refractivity contribution in [3.8, 4) is 17.6 Å². The summed E-state index contributed by atoms with van der Waals surface area (Å²) in [4.78, 5) is 23.2. The second-order valence-corrected chi connectivity index (χ2v) is 8.35. The molecule has 0 saturated carbocycles. The molecule has 1 N–H and O–H groups in total. The lowest BCUT2D eigenvalue weighted by Crippen LogP contribution is -2.14. The van der Waals surface area contributed by atoms with Crippen molar-refractivity contribution in [2.24, 2.45) is 0 Å². The molecule has 3 rings (SSSR count). The Morgan fingerprint density at radius 3 is 2.59 bits per heavy atom. The minimum atomic E-state index is -0.676. The van der Waals surface area contributed by atoms with E-state index in [0.717, 1.165) is 9.13 Å². The van der Waals surface area contributed by atoms with Gasteiger partial charge in [0, 0.05) is 12.1 Å². The number of nitro benzene ring substituents is 1. The van der Waals surface area contributed by atoms with Crippen LogP contribution in [0.2, 0.25) is 0 Å². The van der Waals surface area contributed by atoms with Crippen molar-refractivity contribution < 1.29 is 19.2 Å². The van der Waals surface area contributed by atoms with Gasteiger partial charge in [0.05, 0.1) is 21.3 Å². The van der Waals surface area contributed by atoms with E-state index in [-0.39, 0.29) is 16.9 Å². The van der Waals surface area contributed by atoms with E-state index < -0.39 is 10.8 Å². The van der Waals surface area contributed by atoms with E-state index in [2.05, 4.69) is 27.9 Å². The smallest absolute Gasteiger partial charge is 0.271 e. The van der Waals surface area contributed by atoms with Gasteiger partial charge in [-0.1, -0.05) is 36.4 Å². The van der Waals surface area contributed by atoms with Gasteiger partial charge in [0.1, 0.15) is 18.2 Å². The molecule has 0 bridgehead atoms. The quantitative estimate of drug-likeness (QED) is 0.124. The van der Waals surface area contributed by atoms with Crippen molar-refractivity contribution in [1.29, 1.82) is 5.26 Å². The highest BCUT2D eigenvalue weighted by Crippen LogP contribution is 2.35. The molecule has 172 valence electrons. The molecule has 0 aromatic heterocycles. The number of amides is 1. The van der Waals surface area contributed by atoms with Gasteiger partial charge in [-0.25, -0.2) is 0 Å². The molecule has 0 heterocycles. The Balaban J connectivity index is 1.84. The molecule has 0 aliphatic carbocycles. The second kappa shape index (κ2) is 11.3. The highest BCUT2D eigenvalue weighted by molar-refractivity contribution is 14.1. The Kier molecular flexibility index (Phi) is 8.21. The van der Waals surface area contributed by atoms with Gasteiger partial charge in [-0.15, -0.1) is 0 Å². The lowest BCUT2D eigenvalue weighted by molar-refractivity contribution is -0.384. The van der Waals surface area contributed by atoms with Crippen LogP contribution < -0.4 is 14.8 Å². The number of rotatable bonds is 8. The SMILES string of the molecule is COc1cc(/C=C(\C#N)C(=O)Nc2cc([N+](=O)[O-])ccc2C)cc(I)c1OCc1ccccc1. The number of halogens is 1. The normalized spacial score (nSPS) is 10.8. The van der Waals surface area contributed by atoms with Gasteiger partial charge in [-0.3, -0.25) is 14.9 Å². The average molecular weight is 569 g/mol. The number of hydrogen-bond donors (Lipinski definition) is 1. The van der Waals surface area contributed by atoms with E-state index in [1.165, 1.54) is 31.4 Å². The number of nitrogens with one attached hydrogen (secondary N) is 1. The second-order valence-electron chi connectivity index (χ2n) is 7.19. The van der Waals surface area contributed by atoms with Gasteiger partial charge in [0.25, 0.3) is 11.6 Å². The molecule has 0 radical (unpaired) electrons. The van der Waals surface area contributed by atoms with Crippen LogP contribution >= 0.6 is 22.6 Å². The fourth-order valence-corrected chi connectivity index (χ4v) is 3.84. The number of nitro groups is 1. The number of nitrogens with zero attached hydrogens (tertiary/aromatic N) is 2. The van der Waals surface area contributed by atoms with E-state index in [1.54, 1.807) is 19.1 Å². The fourth-order valence-electron chi connectivity index (χ4n) is 3.06. The van der Waals surface area contributed by atoms with Crippen LogP contribution in [0.5, 0.6) is 11.5 Å². The minimum Gasteiger partial charge on any atom is -0.493 e. The lowest BCUT2D eigenvalue weighted by Gasteiger charge is -2.14. The topological polar surface area (TPSA) is 114 Å². The number of nitriles is 1. The number of non-ortho nitro benzene ring substituents is 1. The third-order valence-electron chi connectivity index (χ3n) is 4.83. The van der Waals surface area contributed by atoms with Crippen LogP contribution in [0.25, 0.3) is 6.08 Å². The molecule has 0 spiro atoms. The first-order valence-electron chi connectivity index (χ1n) is 10.0. The van der Waals surface area contributed by atoms with Gasteiger partial charge >= 0.3 is 0 Å². The summed E-state index contributed by atoms with van der Waals surface area (Å²) in [5, 5.41) is 23.2. The van der Waals surface area contributed by atoms with Crippen LogP contribution in [-0.4, -0.2) is 17.9 Å². The maximum absolute atomic E-state index is 12.7. The largest absolute Gasteiger partial charge is 0.493 e. The number of benzene rings is 3. The number of methoxy groups -OCH3 is 1. The zero-order valence-corrected chi connectivity index (χ0v) is 20.5. The van der Waals surface area contributed by atoms with Crippen molar-refractivity contribution >= 4 is 45.9 Å². The summed E-state index contributed by atoms with van der Waals surface area (Å²) < 4.78 is 12.2. The first-order valence-corrected chi connectivity index (χ1v) is 11.1. The highest BCUT2D eigenvalue weighted by atomic mass is 127. The maximum Gasteiger partial charge on any atom is 0.271 e. The zero-order valence-electron chi connectivity index (χ0n) is 18.4. The van der Waals surface area contributed by atoms with Gasteiger partial charge in [-0.05, 0) is 64.4 Å². The molecule has 1 amide bonds. The number of carbonyl (C=O) groups is 1. The first-order chi connectivity index (χ1) is 16.3. The fraction of sp³-hybridized carbons (Fsp3) is 0.120. The summed E-state index contributed by atoms with van der Waals surface area (Å²) in [7, 11) is 1.51. The molecule has 0 unspecified atom stereocenters. The van der Waals surface area contributed by atoms with E-state index in [1.807, 2.05) is 36.4 Å². The van der Waals surface area contributed by atoms with Crippen LogP contribution in [0.4, 0.5) is 11.4 Å². The maximum atomic E-state index is 12.7. The number of ether oxygens (including phenoxy) is 2. The van der Waals surface area contributed by atoms with Crippen molar-refractivity contribution in [3.05, 3.63) is 96.6 Å². The van der Waals surface area contributed by atoms with Gasteiger partial charge in [0.2, 0.25) is 0 Å². The monoisotopic (exact) mass is 569 g/mol. The third-order valence-corrected chi connectivity index (χ3v) is 5.64. The molecular formula is C25H20IN3O5. The molecular weight excluding hydrogens is 549 g/mol. The molecule has 0 atom stereocenters. The van der Waals surface area contributed by atoms with Gasteiger partial charge in [-0.2, -0.15) is 5.26 Å². The van der Waals surface area contributed by atoms with Gasteiger partial charge in [0.15, 0.2) is 11.5 Å². The first kappa shape index (κ1) is 24.7. The van der Waals surface area contributed by atoms with Gasteiger partial charge < -0.3 is 14.8 Å². The predicted octanol–water partition coefficient (Wildman–Crippen LogP) is 5.64. The molecule has 8 nitrogen and oxygen atoms in total. The van der Waals surface area contributed by atoms with Crippen LogP contribution in [0.15, 0.2) is 66.2 Å². The number of hydrogen-bond acceptors (Lipinski definition) is 6. The minimum absolute atomic E-state index is 0.159. The molecule has 0 aliphatic heterocycles. The Morgan fingerprint density at radius 2 is 1.94 bits per heavy atom. The summed E-state index contributed by atoms with van der Waals surface area (Å²) in [6, 6.07) is 19.2. The molecule has 0 fully saturated rings. The van der Waals surface area contributed by atoms with E-state index >= 15 is 0 Å². The molecule has 34 heavy (non-hydrogen) atoms. The van der Waals surface area contributed by atoms with E-state index in [4.69, 9.17) is 9.47 Å². The van der Waals surface area contributed by atoms with Crippen molar-refractivity contribution in [1.82, 2.24) is 0 Å². The molecule has 3 aromatic rings. The predicted molar refractivity (Wildman–Crippen MR) is 137 cm³/mol. The Bertz CT molecular complexity index is 1300. The average Bonchev–Trinajstić information content (AvgIpc) is 2.83. The zero-order chi connectivity index (χ0) is 24.7. The summed E-state index contributed by atoms with van der Waals surface area (Å²) in [6.45, 7) is 2.06. The van der Waals surface area contributed by atoms with Crippen molar-refractivity contribution in [3.63, 3.8) is 0 Å². The lowest BCUT2D eigenvalue weighted by atomic mass is 10.1. The summed E-state index contributed by atoms with van der Waals surface area (Å²) >= 11 is 2.10. The number of anilines is 1. The van der Waals surface area contributed by atoms with Crippen LogP contribution in [0.3, 0.4) is 0 Å². The number of aryl methyl sites for hydroxylation is 1. The number of carbonyl (C=O) groups excluding carboxylic acids is 1. The summed E-state index contributed by atoms with van der Waals surface area (Å²) in [6.07, 6.45) is 1.42. The highest BCUT2D eigenvalue weighted by Gasteiger charge is 2.16.